The number of piperidine rings is 1. The average Bonchev–Trinajstić information content (AvgIpc) is 3.07. The highest BCUT2D eigenvalue weighted by atomic mass is 16.2. The molecule has 0 bridgehead atoms. The molecule has 2 heterocycles. The summed E-state index contributed by atoms with van der Waals surface area (Å²) in [5, 5.41) is 6.87. The third kappa shape index (κ3) is 6.17. The van der Waals surface area contributed by atoms with Gasteiger partial charge >= 0.3 is 0 Å². The fraction of sp³-hybridized carbons (Fsp3) is 0.895. The Bertz CT molecular complexity index is 453. The molecular formula is C19H37N5O. The first-order chi connectivity index (χ1) is 12.0. The molecule has 0 aromatic rings. The van der Waals surface area contributed by atoms with Crippen molar-refractivity contribution in [2.24, 2.45) is 10.9 Å². The van der Waals surface area contributed by atoms with Crippen LogP contribution >= 0.6 is 0 Å². The van der Waals surface area contributed by atoms with Gasteiger partial charge in [-0.05, 0) is 45.6 Å². The lowest BCUT2D eigenvalue weighted by molar-refractivity contribution is -0.129. The molecule has 3 atom stereocenters. The predicted molar refractivity (Wildman–Crippen MR) is 104 cm³/mol. The van der Waals surface area contributed by atoms with Gasteiger partial charge in [0.2, 0.25) is 5.91 Å². The number of likely N-dealkylation sites (tertiary alicyclic amines) is 2. The Balaban J connectivity index is 1.84. The van der Waals surface area contributed by atoms with Crippen molar-refractivity contribution >= 4 is 11.9 Å². The van der Waals surface area contributed by atoms with Crippen molar-refractivity contribution in [2.75, 3.05) is 39.3 Å². The molecule has 6 heteroatoms. The number of aliphatic imine (C=N–C) groups is 1. The Morgan fingerprint density at radius 3 is 2.72 bits per heavy atom. The zero-order chi connectivity index (χ0) is 18.2. The maximum absolute atomic E-state index is 11.8. The number of hydrogen-bond donors (Lipinski definition) is 2. The van der Waals surface area contributed by atoms with Gasteiger partial charge in [-0.15, -0.1) is 0 Å². The first kappa shape index (κ1) is 20.0. The van der Waals surface area contributed by atoms with E-state index in [1.165, 1.54) is 25.9 Å². The molecule has 0 spiro atoms. The molecule has 144 valence electrons. The number of amides is 1. The third-order valence-electron chi connectivity index (χ3n) is 5.35. The molecule has 2 saturated heterocycles. The van der Waals surface area contributed by atoms with Crippen LogP contribution in [0.1, 0.15) is 53.4 Å². The quantitative estimate of drug-likeness (QED) is 0.565. The summed E-state index contributed by atoms with van der Waals surface area (Å²) in [6.45, 7) is 14.3. The monoisotopic (exact) mass is 351 g/mol. The lowest BCUT2D eigenvalue weighted by Crippen LogP contribution is -2.46. The highest BCUT2D eigenvalue weighted by molar-refractivity contribution is 5.80. The van der Waals surface area contributed by atoms with E-state index in [0.29, 0.717) is 18.5 Å². The first-order valence-electron chi connectivity index (χ1n) is 10.1. The Morgan fingerprint density at radius 2 is 2.04 bits per heavy atom. The number of nitrogens with zero attached hydrogens (tertiary/aromatic N) is 3. The van der Waals surface area contributed by atoms with Crippen LogP contribution < -0.4 is 10.6 Å². The minimum absolute atomic E-state index is 0.249. The van der Waals surface area contributed by atoms with Gasteiger partial charge in [0.1, 0.15) is 0 Å². The molecule has 2 rings (SSSR count). The molecule has 0 aromatic carbocycles. The molecule has 2 aliphatic rings. The average molecular weight is 352 g/mol. The van der Waals surface area contributed by atoms with Gasteiger partial charge in [0.25, 0.3) is 0 Å². The smallest absolute Gasteiger partial charge is 0.222 e. The van der Waals surface area contributed by atoms with Crippen molar-refractivity contribution < 1.29 is 4.79 Å². The maximum atomic E-state index is 11.8. The minimum atomic E-state index is 0.249. The van der Waals surface area contributed by atoms with Crippen LogP contribution in [0.4, 0.5) is 0 Å². The first-order valence-corrected chi connectivity index (χ1v) is 10.1. The van der Waals surface area contributed by atoms with Crippen LogP contribution in [0.5, 0.6) is 0 Å². The Hall–Kier alpha value is -1.30. The molecule has 6 nitrogen and oxygen atoms in total. The summed E-state index contributed by atoms with van der Waals surface area (Å²) in [6, 6.07) is 0.776. The number of carbonyl (C=O) groups is 1. The van der Waals surface area contributed by atoms with Crippen molar-refractivity contribution in [3.8, 4) is 0 Å². The summed E-state index contributed by atoms with van der Waals surface area (Å²) in [7, 11) is 0. The number of rotatable bonds is 6. The summed E-state index contributed by atoms with van der Waals surface area (Å²) in [6.07, 6.45) is 4.24. The summed E-state index contributed by atoms with van der Waals surface area (Å²) < 4.78 is 0. The lowest BCUT2D eigenvalue weighted by atomic mass is 9.99. The molecule has 2 N–H and O–H groups in total. The second-order valence-corrected chi connectivity index (χ2v) is 7.63. The summed E-state index contributed by atoms with van der Waals surface area (Å²) in [5.41, 5.74) is 0. The maximum Gasteiger partial charge on any atom is 0.222 e. The molecule has 3 unspecified atom stereocenters. The molecule has 25 heavy (non-hydrogen) atoms. The molecule has 2 aliphatic heterocycles. The van der Waals surface area contributed by atoms with Gasteiger partial charge < -0.3 is 15.5 Å². The minimum Gasteiger partial charge on any atom is -0.357 e. The van der Waals surface area contributed by atoms with Crippen LogP contribution in [-0.2, 0) is 4.79 Å². The van der Waals surface area contributed by atoms with Gasteiger partial charge in [-0.3, -0.25) is 14.7 Å². The largest absolute Gasteiger partial charge is 0.357 e. The predicted octanol–water partition coefficient (Wildman–Crippen LogP) is 1.67. The van der Waals surface area contributed by atoms with Crippen LogP contribution in [0, 0.1) is 5.92 Å². The fourth-order valence-corrected chi connectivity index (χ4v) is 3.81. The lowest BCUT2D eigenvalue weighted by Gasteiger charge is -2.35. The van der Waals surface area contributed by atoms with E-state index in [-0.39, 0.29) is 5.91 Å². The zero-order valence-corrected chi connectivity index (χ0v) is 16.6. The van der Waals surface area contributed by atoms with Crippen LogP contribution in [0.25, 0.3) is 0 Å². The number of guanidine groups is 1. The van der Waals surface area contributed by atoms with Crippen molar-refractivity contribution in [1.29, 1.82) is 0 Å². The number of nitrogens with one attached hydrogen (secondary N) is 2. The van der Waals surface area contributed by atoms with Crippen LogP contribution in [-0.4, -0.2) is 73.0 Å². The van der Waals surface area contributed by atoms with Crippen LogP contribution in [0.15, 0.2) is 4.99 Å². The van der Waals surface area contributed by atoms with Crippen molar-refractivity contribution in [2.45, 2.75) is 65.5 Å². The fourth-order valence-electron chi connectivity index (χ4n) is 3.81. The van der Waals surface area contributed by atoms with Crippen molar-refractivity contribution in [1.82, 2.24) is 20.4 Å². The standard InChI is InChI=1S/C19H37N5O/c1-5-18(25)24-11-9-17(14-24)22-19(20-6-2)21-12-16(4)23-10-7-8-15(3)13-23/h15-17H,5-14H2,1-4H3,(H2,20,21,22). The molecule has 2 fully saturated rings. The summed E-state index contributed by atoms with van der Waals surface area (Å²) in [5.74, 6) is 1.93. The van der Waals surface area contributed by atoms with E-state index in [0.717, 1.165) is 44.5 Å². The normalized spacial score (nSPS) is 26.6. The SMILES string of the molecule is CCNC(=NCC(C)N1CCCC(C)C1)NC1CCN(C(=O)CC)C1. The van der Waals surface area contributed by atoms with E-state index in [1.807, 2.05) is 11.8 Å². The summed E-state index contributed by atoms with van der Waals surface area (Å²) >= 11 is 0. The molecule has 1 amide bonds. The Labute approximate surface area is 153 Å². The molecule has 0 saturated carbocycles. The van der Waals surface area contributed by atoms with Crippen LogP contribution in [0.3, 0.4) is 0 Å². The van der Waals surface area contributed by atoms with Crippen molar-refractivity contribution in [3.63, 3.8) is 0 Å². The van der Waals surface area contributed by atoms with E-state index in [2.05, 4.69) is 36.3 Å². The second kappa shape index (κ2) is 10.00. The van der Waals surface area contributed by atoms with Gasteiger partial charge in [0.05, 0.1) is 6.54 Å². The van der Waals surface area contributed by atoms with E-state index in [9.17, 15) is 4.79 Å². The third-order valence-corrected chi connectivity index (χ3v) is 5.35. The second-order valence-electron chi connectivity index (χ2n) is 7.63. The van der Waals surface area contributed by atoms with E-state index in [1.54, 1.807) is 0 Å². The Morgan fingerprint density at radius 1 is 1.24 bits per heavy atom. The van der Waals surface area contributed by atoms with E-state index >= 15 is 0 Å². The van der Waals surface area contributed by atoms with Gasteiger partial charge in [0, 0.05) is 44.7 Å². The molecular weight excluding hydrogens is 314 g/mol. The molecule has 0 radical (unpaired) electrons. The number of carbonyl (C=O) groups excluding carboxylic acids is 1. The van der Waals surface area contributed by atoms with Gasteiger partial charge in [0.15, 0.2) is 5.96 Å². The highest BCUT2D eigenvalue weighted by Crippen LogP contribution is 2.17. The topological polar surface area (TPSA) is 60.0 Å². The van der Waals surface area contributed by atoms with E-state index < -0.39 is 0 Å². The van der Waals surface area contributed by atoms with Crippen LogP contribution in [0.2, 0.25) is 0 Å². The zero-order valence-electron chi connectivity index (χ0n) is 16.6. The van der Waals surface area contributed by atoms with Crippen molar-refractivity contribution in [3.05, 3.63) is 0 Å². The molecule has 0 aromatic heterocycles. The highest BCUT2D eigenvalue weighted by Gasteiger charge is 2.26. The van der Waals surface area contributed by atoms with Gasteiger partial charge in [-0.1, -0.05) is 13.8 Å². The molecule has 0 aliphatic carbocycles. The number of hydrogen-bond acceptors (Lipinski definition) is 3. The summed E-state index contributed by atoms with van der Waals surface area (Å²) in [4.78, 5) is 21.2. The van der Waals surface area contributed by atoms with Gasteiger partial charge in [-0.25, -0.2) is 0 Å². The Kier molecular flexibility index (Phi) is 8.00. The van der Waals surface area contributed by atoms with E-state index in [4.69, 9.17) is 4.99 Å². The van der Waals surface area contributed by atoms with Gasteiger partial charge in [-0.2, -0.15) is 0 Å².